The van der Waals surface area contributed by atoms with E-state index in [9.17, 15) is 9.59 Å². The fraction of sp³-hybridized carbons (Fsp3) is 0.263. The van der Waals surface area contributed by atoms with E-state index in [4.69, 9.17) is 9.47 Å². The summed E-state index contributed by atoms with van der Waals surface area (Å²) in [6, 6.07) is 16.4. The molecule has 1 aliphatic rings. The van der Waals surface area contributed by atoms with E-state index in [0.29, 0.717) is 17.2 Å². The lowest BCUT2D eigenvalue weighted by molar-refractivity contribution is -0.154. The molecule has 124 valence electrons. The van der Waals surface area contributed by atoms with Crippen molar-refractivity contribution in [1.29, 1.82) is 0 Å². The van der Waals surface area contributed by atoms with Crippen molar-refractivity contribution in [2.45, 2.75) is 19.3 Å². The molecule has 1 amide bonds. The number of hydrogen-bond acceptors (Lipinski definition) is 4. The number of amides is 1. The third kappa shape index (κ3) is 4.13. The molecule has 1 aliphatic carbocycles. The number of nitrogens with one attached hydrogen (secondary N) is 1. The van der Waals surface area contributed by atoms with E-state index in [1.807, 2.05) is 36.4 Å². The van der Waals surface area contributed by atoms with Crippen LogP contribution in [-0.4, -0.2) is 18.5 Å². The molecule has 0 bridgehead atoms. The predicted octanol–water partition coefficient (Wildman–Crippen LogP) is 3.76. The SMILES string of the molecule is O=C(COC(=O)C1CCC1)Nc1ccccc1Oc1ccccc1. The molecule has 5 nitrogen and oxygen atoms in total. The third-order valence-corrected chi connectivity index (χ3v) is 3.92. The van der Waals surface area contributed by atoms with Crippen molar-refractivity contribution in [3.63, 3.8) is 0 Å². The highest BCUT2D eigenvalue weighted by Crippen LogP contribution is 2.29. The van der Waals surface area contributed by atoms with Crippen LogP contribution in [0.25, 0.3) is 0 Å². The minimum absolute atomic E-state index is 0.0356. The van der Waals surface area contributed by atoms with Gasteiger partial charge in [-0.3, -0.25) is 9.59 Å². The van der Waals surface area contributed by atoms with Gasteiger partial charge in [-0.15, -0.1) is 0 Å². The molecule has 5 heteroatoms. The topological polar surface area (TPSA) is 64.6 Å². The molecule has 0 saturated heterocycles. The van der Waals surface area contributed by atoms with E-state index in [1.54, 1.807) is 18.2 Å². The Morgan fingerprint density at radius 3 is 2.42 bits per heavy atom. The summed E-state index contributed by atoms with van der Waals surface area (Å²) in [5.41, 5.74) is 0.533. The van der Waals surface area contributed by atoms with E-state index in [-0.39, 0.29) is 24.4 Å². The lowest BCUT2D eigenvalue weighted by Gasteiger charge is -2.22. The third-order valence-electron chi connectivity index (χ3n) is 3.92. The van der Waals surface area contributed by atoms with Crippen LogP contribution < -0.4 is 10.1 Å². The normalized spacial score (nSPS) is 13.7. The van der Waals surface area contributed by atoms with E-state index in [1.165, 1.54) is 0 Å². The number of carbonyl (C=O) groups excluding carboxylic acids is 2. The Morgan fingerprint density at radius 1 is 1.00 bits per heavy atom. The van der Waals surface area contributed by atoms with Gasteiger partial charge in [0.15, 0.2) is 12.4 Å². The molecule has 24 heavy (non-hydrogen) atoms. The Labute approximate surface area is 140 Å². The van der Waals surface area contributed by atoms with Gasteiger partial charge in [-0.25, -0.2) is 0 Å². The van der Waals surface area contributed by atoms with Gasteiger partial charge in [-0.2, -0.15) is 0 Å². The van der Waals surface area contributed by atoms with Crippen LogP contribution in [0.15, 0.2) is 54.6 Å². The second-order valence-electron chi connectivity index (χ2n) is 5.69. The summed E-state index contributed by atoms with van der Waals surface area (Å²) in [7, 11) is 0. The van der Waals surface area contributed by atoms with Gasteiger partial charge in [-0.05, 0) is 37.1 Å². The van der Waals surface area contributed by atoms with E-state index < -0.39 is 0 Å². The molecule has 1 N–H and O–H groups in total. The molecule has 2 aromatic carbocycles. The summed E-state index contributed by atoms with van der Waals surface area (Å²) >= 11 is 0. The van der Waals surface area contributed by atoms with Crippen molar-refractivity contribution in [3.05, 3.63) is 54.6 Å². The zero-order valence-electron chi connectivity index (χ0n) is 13.2. The lowest BCUT2D eigenvalue weighted by atomic mass is 9.86. The van der Waals surface area contributed by atoms with Crippen LogP contribution in [0, 0.1) is 5.92 Å². The molecule has 1 saturated carbocycles. The molecule has 0 aromatic heterocycles. The quantitative estimate of drug-likeness (QED) is 0.821. The fourth-order valence-electron chi connectivity index (χ4n) is 2.36. The van der Waals surface area contributed by atoms with E-state index >= 15 is 0 Å². The summed E-state index contributed by atoms with van der Waals surface area (Å²) in [5.74, 6) is 0.501. The molecular formula is C19H19NO4. The Kier molecular flexibility index (Phi) is 5.11. The van der Waals surface area contributed by atoms with Crippen molar-refractivity contribution >= 4 is 17.6 Å². The zero-order valence-corrected chi connectivity index (χ0v) is 13.2. The number of rotatable bonds is 6. The molecule has 0 atom stereocenters. The van der Waals surface area contributed by atoms with Crippen LogP contribution in [0.4, 0.5) is 5.69 Å². The van der Waals surface area contributed by atoms with Gasteiger partial charge in [0.1, 0.15) is 5.75 Å². The van der Waals surface area contributed by atoms with E-state index in [2.05, 4.69) is 5.32 Å². The zero-order chi connectivity index (χ0) is 16.8. The minimum atomic E-state index is -0.383. The highest BCUT2D eigenvalue weighted by molar-refractivity contribution is 5.94. The number of hydrogen-bond donors (Lipinski definition) is 1. The Bertz CT molecular complexity index is 710. The minimum Gasteiger partial charge on any atom is -0.455 e. The van der Waals surface area contributed by atoms with Crippen LogP contribution in [-0.2, 0) is 14.3 Å². The van der Waals surface area contributed by atoms with Gasteiger partial charge in [-0.1, -0.05) is 36.8 Å². The highest BCUT2D eigenvalue weighted by atomic mass is 16.5. The second kappa shape index (κ2) is 7.64. The van der Waals surface area contributed by atoms with Crippen molar-refractivity contribution in [2.24, 2.45) is 5.92 Å². The summed E-state index contributed by atoms with van der Waals surface area (Å²) < 4.78 is 10.8. The van der Waals surface area contributed by atoms with Gasteiger partial charge in [0.2, 0.25) is 0 Å². The molecule has 0 aliphatic heterocycles. The molecule has 0 spiro atoms. The summed E-state index contributed by atoms with van der Waals surface area (Å²) in [6.45, 7) is -0.283. The molecular weight excluding hydrogens is 306 g/mol. The van der Waals surface area contributed by atoms with Gasteiger partial charge in [0.25, 0.3) is 5.91 Å². The van der Waals surface area contributed by atoms with Crippen molar-refractivity contribution < 1.29 is 19.1 Å². The molecule has 3 rings (SSSR count). The maximum absolute atomic E-state index is 12.0. The van der Waals surface area contributed by atoms with Crippen LogP contribution in [0.5, 0.6) is 11.5 Å². The average Bonchev–Trinajstić information content (AvgIpc) is 2.54. The summed E-state index contributed by atoms with van der Waals surface area (Å²) in [6.07, 6.45) is 2.76. The Hall–Kier alpha value is -2.82. The predicted molar refractivity (Wildman–Crippen MR) is 89.9 cm³/mol. The number of carbonyl (C=O) groups is 2. The Balaban J connectivity index is 1.58. The van der Waals surface area contributed by atoms with Crippen LogP contribution in [0.2, 0.25) is 0 Å². The summed E-state index contributed by atoms with van der Waals surface area (Å²) in [4.78, 5) is 23.7. The van der Waals surface area contributed by atoms with Crippen molar-refractivity contribution in [3.8, 4) is 11.5 Å². The number of ether oxygens (including phenoxy) is 2. The molecule has 0 heterocycles. The van der Waals surface area contributed by atoms with E-state index in [0.717, 1.165) is 19.3 Å². The van der Waals surface area contributed by atoms with Gasteiger partial charge in [0.05, 0.1) is 11.6 Å². The molecule has 0 unspecified atom stereocenters. The first kappa shape index (κ1) is 16.1. The monoisotopic (exact) mass is 325 g/mol. The smallest absolute Gasteiger partial charge is 0.309 e. The first-order chi connectivity index (χ1) is 11.7. The van der Waals surface area contributed by atoms with Crippen molar-refractivity contribution in [2.75, 3.05) is 11.9 Å². The number of anilines is 1. The largest absolute Gasteiger partial charge is 0.455 e. The lowest BCUT2D eigenvalue weighted by Crippen LogP contribution is -2.28. The van der Waals surface area contributed by atoms with Crippen molar-refractivity contribution in [1.82, 2.24) is 0 Å². The van der Waals surface area contributed by atoms with Crippen LogP contribution >= 0.6 is 0 Å². The molecule has 1 fully saturated rings. The molecule has 0 radical (unpaired) electrons. The maximum atomic E-state index is 12.0. The maximum Gasteiger partial charge on any atom is 0.309 e. The fourth-order valence-corrected chi connectivity index (χ4v) is 2.36. The standard InChI is InChI=1S/C19H19NO4/c21-18(13-23-19(22)14-7-6-8-14)20-16-11-4-5-12-17(16)24-15-9-2-1-3-10-15/h1-5,9-12,14H,6-8,13H2,(H,20,21). The molecule has 2 aromatic rings. The van der Waals surface area contributed by atoms with Gasteiger partial charge < -0.3 is 14.8 Å². The second-order valence-corrected chi connectivity index (χ2v) is 5.69. The first-order valence-corrected chi connectivity index (χ1v) is 8.01. The van der Waals surface area contributed by atoms with Gasteiger partial charge >= 0.3 is 5.97 Å². The van der Waals surface area contributed by atoms with Gasteiger partial charge in [0, 0.05) is 0 Å². The summed E-state index contributed by atoms with van der Waals surface area (Å²) in [5, 5.41) is 2.72. The number of benzene rings is 2. The highest BCUT2D eigenvalue weighted by Gasteiger charge is 2.27. The number of para-hydroxylation sites is 3. The average molecular weight is 325 g/mol. The van der Waals surface area contributed by atoms with Crippen LogP contribution in [0.1, 0.15) is 19.3 Å². The van der Waals surface area contributed by atoms with Crippen LogP contribution in [0.3, 0.4) is 0 Å². The number of esters is 1. The first-order valence-electron chi connectivity index (χ1n) is 8.01. The Morgan fingerprint density at radius 2 is 1.71 bits per heavy atom.